The average molecular weight is 307 g/mol. The molecule has 0 spiro atoms. The van der Waals surface area contributed by atoms with Crippen molar-refractivity contribution >= 4 is 16.8 Å². The maximum Gasteiger partial charge on any atom is 0.125 e. The van der Waals surface area contributed by atoms with E-state index in [0.717, 1.165) is 18.8 Å². The van der Waals surface area contributed by atoms with Crippen LogP contribution in [-0.2, 0) is 0 Å². The molecular formula is C21H25NO. The highest BCUT2D eigenvalue weighted by atomic mass is 16.5. The lowest BCUT2D eigenvalue weighted by Gasteiger charge is -2.31. The minimum atomic E-state index is 0.368. The molecule has 1 saturated heterocycles. The van der Waals surface area contributed by atoms with Gasteiger partial charge in [0.25, 0.3) is 0 Å². The van der Waals surface area contributed by atoms with Crippen LogP contribution in [0.1, 0.15) is 49.8 Å². The molecular weight excluding hydrogens is 282 g/mol. The Bertz CT molecular complexity index is 728. The van der Waals surface area contributed by atoms with Crippen molar-refractivity contribution in [3.05, 3.63) is 47.5 Å². The zero-order valence-electron chi connectivity index (χ0n) is 13.9. The summed E-state index contributed by atoms with van der Waals surface area (Å²) in [5, 5.41) is 2.72. The number of nitrogens with zero attached hydrogens (tertiary/aromatic N) is 1. The van der Waals surface area contributed by atoms with Gasteiger partial charge in [-0.3, -0.25) is 4.90 Å². The first-order chi connectivity index (χ1) is 11.4. The van der Waals surface area contributed by atoms with E-state index >= 15 is 0 Å². The Morgan fingerprint density at radius 3 is 2.83 bits per heavy atom. The summed E-state index contributed by atoms with van der Waals surface area (Å²) in [6.07, 6.45) is 9.58. The number of rotatable bonds is 5. The molecule has 0 bridgehead atoms. The lowest BCUT2D eigenvalue weighted by Crippen LogP contribution is -2.26. The highest BCUT2D eigenvalue weighted by Crippen LogP contribution is 2.43. The smallest absolute Gasteiger partial charge is 0.125 e. The second-order valence-electron chi connectivity index (χ2n) is 6.67. The standard InChI is InChI=1S/C21H25NO/c1-2-3-15-23-19-12-10-17-8-6-7-16-9-11-18(21(19)20(16)17)22-13-4-5-14-22/h6-12,18H,2-5,13-15H2,1H3. The predicted molar refractivity (Wildman–Crippen MR) is 96.9 cm³/mol. The van der Waals surface area contributed by atoms with Crippen LogP contribution in [0, 0.1) is 0 Å². The van der Waals surface area contributed by atoms with E-state index in [4.69, 9.17) is 4.74 Å². The minimum absolute atomic E-state index is 0.368. The maximum atomic E-state index is 6.19. The van der Waals surface area contributed by atoms with Crippen molar-refractivity contribution in [2.24, 2.45) is 0 Å². The van der Waals surface area contributed by atoms with Gasteiger partial charge in [-0.15, -0.1) is 0 Å². The molecule has 23 heavy (non-hydrogen) atoms. The Morgan fingerprint density at radius 2 is 2.00 bits per heavy atom. The summed E-state index contributed by atoms with van der Waals surface area (Å²) in [6, 6.07) is 11.4. The Balaban J connectivity index is 1.82. The molecule has 4 rings (SSSR count). The zero-order valence-corrected chi connectivity index (χ0v) is 13.9. The summed E-state index contributed by atoms with van der Waals surface area (Å²) in [5.74, 6) is 1.08. The average Bonchev–Trinajstić information content (AvgIpc) is 3.12. The van der Waals surface area contributed by atoms with Gasteiger partial charge < -0.3 is 4.74 Å². The molecule has 0 radical (unpaired) electrons. The number of likely N-dealkylation sites (tertiary alicyclic amines) is 1. The molecule has 0 aromatic heterocycles. The third-order valence-corrected chi connectivity index (χ3v) is 5.12. The lowest BCUT2D eigenvalue weighted by molar-refractivity contribution is 0.268. The number of hydrogen-bond donors (Lipinski definition) is 0. The van der Waals surface area contributed by atoms with Crippen LogP contribution in [0.2, 0.25) is 0 Å². The SMILES string of the molecule is CCCCOc1ccc2cccc3c2c1C(N1CCCC1)C=C3. The zero-order chi connectivity index (χ0) is 15.6. The third kappa shape index (κ3) is 2.66. The van der Waals surface area contributed by atoms with Gasteiger partial charge in [-0.1, -0.05) is 49.8 Å². The fraction of sp³-hybridized carbons (Fsp3) is 0.429. The van der Waals surface area contributed by atoms with Crippen molar-refractivity contribution in [1.29, 1.82) is 0 Å². The van der Waals surface area contributed by atoms with Crippen LogP contribution in [0.4, 0.5) is 0 Å². The first kappa shape index (κ1) is 14.8. The van der Waals surface area contributed by atoms with Gasteiger partial charge in [0.15, 0.2) is 0 Å². The molecule has 1 heterocycles. The highest BCUT2D eigenvalue weighted by molar-refractivity contribution is 5.97. The van der Waals surface area contributed by atoms with E-state index in [1.54, 1.807) is 0 Å². The molecule has 0 N–H and O–H groups in total. The molecule has 2 aromatic rings. The summed E-state index contributed by atoms with van der Waals surface area (Å²) in [4.78, 5) is 2.61. The lowest BCUT2D eigenvalue weighted by atomic mass is 9.88. The van der Waals surface area contributed by atoms with Crippen molar-refractivity contribution in [1.82, 2.24) is 4.90 Å². The maximum absolute atomic E-state index is 6.19. The first-order valence-corrected chi connectivity index (χ1v) is 8.99. The largest absolute Gasteiger partial charge is 0.493 e. The molecule has 2 nitrogen and oxygen atoms in total. The van der Waals surface area contributed by atoms with Crippen LogP contribution >= 0.6 is 0 Å². The van der Waals surface area contributed by atoms with E-state index in [1.807, 2.05) is 0 Å². The highest BCUT2D eigenvalue weighted by Gasteiger charge is 2.28. The second kappa shape index (κ2) is 6.37. The van der Waals surface area contributed by atoms with Gasteiger partial charge in [0.2, 0.25) is 0 Å². The van der Waals surface area contributed by atoms with E-state index in [-0.39, 0.29) is 0 Å². The molecule has 0 amide bonds. The van der Waals surface area contributed by atoms with Gasteiger partial charge in [0.1, 0.15) is 5.75 Å². The second-order valence-corrected chi connectivity index (χ2v) is 6.67. The molecule has 1 aliphatic carbocycles. The molecule has 120 valence electrons. The predicted octanol–water partition coefficient (Wildman–Crippen LogP) is 5.18. The van der Waals surface area contributed by atoms with Gasteiger partial charge in [-0.2, -0.15) is 0 Å². The van der Waals surface area contributed by atoms with Crippen LogP contribution in [0.25, 0.3) is 16.8 Å². The molecule has 1 aliphatic heterocycles. The molecule has 2 heteroatoms. The number of hydrogen-bond acceptors (Lipinski definition) is 2. The first-order valence-electron chi connectivity index (χ1n) is 8.99. The van der Waals surface area contributed by atoms with E-state index in [0.29, 0.717) is 6.04 Å². The van der Waals surface area contributed by atoms with Gasteiger partial charge in [0, 0.05) is 5.56 Å². The molecule has 0 saturated carbocycles. The van der Waals surface area contributed by atoms with Crippen molar-refractivity contribution in [2.75, 3.05) is 19.7 Å². The van der Waals surface area contributed by atoms with Crippen LogP contribution in [-0.4, -0.2) is 24.6 Å². The Morgan fingerprint density at radius 1 is 1.13 bits per heavy atom. The Kier molecular flexibility index (Phi) is 4.09. The molecule has 1 fully saturated rings. The molecule has 2 aromatic carbocycles. The number of ether oxygens (including phenoxy) is 1. The quantitative estimate of drug-likeness (QED) is 0.705. The topological polar surface area (TPSA) is 12.5 Å². The van der Waals surface area contributed by atoms with Crippen LogP contribution in [0.3, 0.4) is 0 Å². The van der Waals surface area contributed by atoms with Crippen molar-refractivity contribution < 1.29 is 4.74 Å². The monoisotopic (exact) mass is 307 g/mol. The van der Waals surface area contributed by atoms with Crippen molar-refractivity contribution in [2.45, 2.75) is 38.6 Å². The summed E-state index contributed by atoms with van der Waals surface area (Å²) in [5.41, 5.74) is 2.72. The minimum Gasteiger partial charge on any atom is -0.493 e. The van der Waals surface area contributed by atoms with Gasteiger partial charge in [-0.25, -0.2) is 0 Å². The van der Waals surface area contributed by atoms with Gasteiger partial charge in [0.05, 0.1) is 12.6 Å². The van der Waals surface area contributed by atoms with Crippen molar-refractivity contribution in [3.8, 4) is 5.75 Å². The Labute approximate surface area is 138 Å². The van der Waals surface area contributed by atoms with Gasteiger partial charge in [-0.05, 0) is 54.8 Å². The van der Waals surface area contributed by atoms with Crippen LogP contribution in [0.15, 0.2) is 36.4 Å². The van der Waals surface area contributed by atoms with E-state index in [2.05, 4.69) is 54.3 Å². The van der Waals surface area contributed by atoms with Crippen LogP contribution < -0.4 is 4.74 Å². The summed E-state index contributed by atoms with van der Waals surface area (Å²) in [7, 11) is 0. The summed E-state index contributed by atoms with van der Waals surface area (Å²) >= 11 is 0. The molecule has 1 unspecified atom stereocenters. The Hall–Kier alpha value is -1.80. The normalized spacial score (nSPS) is 20.3. The van der Waals surface area contributed by atoms with Crippen molar-refractivity contribution in [3.63, 3.8) is 0 Å². The third-order valence-electron chi connectivity index (χ3n) is 5.12. The fourth-order valence-electron chi connectivity index (χ4n) is 3.92. The summed E-state index contributed by atoms with van der Waals surface area (Å²) in [6.45, 7) is 5.42. The number of unbranched alkanes of at least 4 members (excludes halogenated alkanes) is 1. The molecule has 1 atom stereocenters. The summed E-state index contributed by atoms with van der Waals surface area (Å²) < 4.78 is 6.19. The van der Waals surface area contributed by atoms with E-state index in [1.165, 1.54) is 54.3 Å². The van der Waals surface area contributed by atoms with Gasteiger partial charge >= 0.3 is 0 Å². The number of benzene rings is 2. The van der Waals surface area contributed by atoms with E-state index in [9.17, 15) is 0 Å². The molecule has 2 aliphatic rings. The van der Waals surface area contributed by atoms with Crippen LogP contribution in [0.5, 0.6) is 5.75 Å². The van der Waals surface area contributed by atoms with E-state index < -0.39 is 0 Å². The fourth-order valence-corrected chi connectivity index (χ4v) is 3.92.